The molecule has 1 aromatic carbocycles. The van der Waals surface area contributed by atoms with Crippen molar-refractivity contribution >= 4 is 0 Å². The molecule has 0 saturated heterocycles. The molecule has 6 heteroatoms. The normalized spacial score (nSPS) is 10.2. The molecule has 2 aromatic heterocycles. The topological polar surface area (TPSA) is 80.3 Å². The van der Waals surface area contributed by atoms with E-state index in [4.69, 9.17) is 5.26 Å². The van der Waals surface area contributed by atoms with E-state index in [0.717, 1.165) is 5.56 Å². The van der Waals surface area contributed by atoms with E-state index in [2.05, 4.69) is 26.6 Å². The molecule has 6 nitrogen and oxygen atoms in total. The number of tetrazole rings is 1. The third-order valence-corrected chi connectivity index (χ3v) is 2.88. The van der Waals surface area contributed by atoms with Gasteiger partial charge >= 0.3 is 0 Å². The third kappa shape index (κ3) is 2.24. The van der Waals surface area contributed by atoms with Crippen LogP contribution in [0.1, 0.15) is 11.1 Å². The maximum absolute atomic E-state index is 9.11. The summed E-state index contributed by atoms with van der Waals surface area (Å²) < 4.78 is 1.64. The SMILES string of the molecule is N#Cc1ccccc1Cn1nnnc1-c1ccccn1. The lowest BCUT2D eigenvalue weighted by molar-refractivity contribution is 0.651. The van der Waals surface area contributed by atoms with Gasteiger partial charge in [-0.25, -0.2) is 4.68 Å². The van der Waals surface area contributed by atoms with Gasteiger partial charge in [0.25, 0.3) is 0 Å². The first-order chi connectivity index (χ1) is 9.88. The van der Waals surface area contributed by atoms with Gasteiger partial charge in [-0.1, -0.05) is 24.3 Å². The maximum Gasteiger partial charge on any atom is 0.200 e. The van der Waals surface area contributed by atoms with E-state index < -0.39 is 0 Å². The second kappa shape index (κ2) is 5.28. The standard InChI is InChI=1S/C14H10N6/c15-9-11-5-1-2-6-12(11)10-20-14(17-18-19-20)13-7-3-4-8-16-13/h1-8H,10H2. The Balaban J connectivity index is 1.98. The van der Waals surface area contributed by atoms with Gasteiger partial charge in [-0.15, -0.1) is 5.10 Å². The number of nitriles is 1. The van der Waals surface area contributed by atoms with Crippen LogP contribution in [0.5, 0.6) is 0 Å². The van der Waals surface area contributed by atoms with Crippen molar-refractivity contribution in [2.75, 3.05) is 0 Å². The van der Waals surface area contributed by atoms with Gasteiger partial charge in [-0.3, -0.25) is 4.98 Å². The van der Waals surface area contributed by atoms with E-state index >= 15 is 0 Å². The molecule has 0 spiro atoms. The van der Waals surface area contributed by atoms with Crippen molar-refractivity contribution in [3.8, 4) is 17.6 Å². The zero-order valence-electron chi connectivity index (χ0n) is 10.5. The molecule has 0 N–H and O–H groups in total. The Morgan fingerprint density at radius 2 is 1.95 bits per heavy atom. The van der Waals surface area contributed by atoms with E-state index in [1.165, 1.54) is 0 Å². The Bertz CT molecular complexity index is 757. The lowest BCUT2D eigenvalue weighted by Gasteiger charge is -2.05. The van der Waals surface area contributed by atoms with Gasteiger partial charge in [0.2, 0.25) is 5.82 Å². The van der Waals surface area contributed by atoms with Crippen molar-refractivity contribution in [2.24, 2.45) is 0 Å². The molecule has 0 atom stereocenters. The average molecular weight is 262 g/mol. The maximum atomic E-state index is 9.11. The van der Waals surface area contributed by atoms with Gasteiger partial charge in [0.05, 0.1) is 18.2 Å². The monoisotopic (exact) mass is 262 g/mol. The summed E-state index contributed by atoms with van der Waals surface area (Å²) in [6, 6.07) is 15.1. The largest absolute Gasteiger partial charge is 0.253 e. The van der Waals surface area contributed by atoms with Crippen molar-refractivity contribution in [3.63, 3.8) is 0 Å². The van der Waals surface area contributed by atoms with E-state index in [1.54, 1.807) is 16.9 Å². The summed E-state index contributed by atoms with van der Waals surface area (Å²) in [5.41, 5.74) is 2.20. The zero-order chi connectivity index (χ0) is 13.8. The second-order valence-corrected chi connectivity index (χ2v) is 4.14. The van der Waals surface area contributed by atoms with Crippen LogP contribution in [0.3, 0.4) is 0 Å². The van der Waals surface area contributed by atoms with E-state index in [0.29, 0.717) is 23.6 Å². The summed E-state index contributed by atoms with van der Waals surface area (Å²) in [4.78, 5) is 4.24. The van der Waals surface area contributed by atoms with Crippen LogP contribution in [-0.4, -0.2) is 25.2 Å². The Hall–Kier alpha value is -3.07. The van der Waals surface area contributed by atoms with Gasteiger partial charge in [-0.2, -0.15) is 5.26 Å². The highest BCUT2D eigenvalue weighted by atomic mass is 15.5. The third-order valence-electron chi connectivity index (χ3n) is 2.88. The molecule has 0 unspecified atom stereocenters. The van der Waals surface area contributed by atoms with Crippen LogP contribution >= 0.6 is 0 Å². The molecule has 20 heavy (non-hydrogen) atoms. The summed E-state index contributed by atoms with van der Waals surface area (Å²) in [5.74, 6) is 0.582. The van der Waals surface area contributed by atoms with Crippen LogP contribution in [0, 0.1) is 11.3 Å². The quantitative estimate of drug-likeness (QED) is 0.717. The molecule has 0 fully saturated rings. The van der Waals surface area contributed by atoms with Gasteiger partial charge in [0, 0.05) is 6.20 Å². The van der Waals surface area contributed by atoms with Gasteiger partial charge in [0.15, 0.2) is 0 Å². The summed E-state index contributed by atoms with van der Waals surface area (Å²) in [7, 11) is 0. The van der Waals surface area contributed by atoms with Crippen molar-refractivity contribution in [1.29, 1.82) is 5.26 Å². The number of hydrogen-bond acceptors (Lipinski definition) is 5. The van der Waals surface area contributed by atoms with Crippen LogP contribution in [0.25, 0.3) is 11.5 Å². The fourth-order valence-electron chi connectivity index (χ4n) is 1.92. The van der Waals surface area contributed by atoms with Crippen LogP contribution in [0.2, 0.25) is 0 Å². The van der Waals surface area contributed by atoms with Crippen LogP contribution in [-0.2, 0) is 6.54 Å². The highest BCUT2D eigenvalue weighted by Gasteiger charge is 2.11. The Kier molecular flexibility index (Phi) is 3.17. The molecule has 0 amide bonds. The van der Waals surface area contributed by atoms with Gasteiger partial charge < -0.3 is 0 Å². The van der Waals surface area contributed by atoms with Crippen molar-refractivity contribution in [1.82, 2.24) is 25.2 Å². The zero-order valence-corrected chi connectivity index (χ0v) is 10.5. The molecule has 0 aliphatic heterocycles. The number of hydrogen-bond donors (Lipinski definition) is 0. The van der Waals surface area contributed by atoms with E-state index in [1.807, 2.05) is 36.4 Å². The fourth-order valence-corrected chi connectivity index (χ4v) is 1.92. The predicted molar refractivity (Wildman–Crippen MR) is 71.3 cm³/mol. The van der Waals surface area contributed by atoms with Gasteiger partial charge in [0.1, 0.15) is 5.69 Å². The summed E-state index contributed by atoms with van der Waals surface area (Å²) in [6.07, 6.45) is 1.69. The van der Waals surface area contributed by atoms with Crippen LogP contribution in [0.15, 0.2) is 48.7 Å². The Morgan fingerprint density at radius 3 is 2.75 bits per heavy atom. The summed E-state index contributed by atoms with van der Waals surface area (Å²) >= 11 is 0. The van der Waals surface area contributed by atoms with Crippen LogP contribution in [0.4, 0.5) is 0 Å². The molecular weight excluding hydrogens is 252 g/mol. The molecule has 0 aliphatic rings. The van der Waals surface area contributed by atoms with Crippen LogP contribution < -0.4 is 0 Å². The first-order valence-electron chi connectivity index (χ1n) is 6.04. The minimum atomic E-state index is 0.433. The summed E-state index contributed by atoms with van der Waals surface area (Å²) in [6.45, 7) is 0.433. The molecule has 96 valence electrons. The van der Waals surface area contributed by atoms with Crippen molar-refractivity contribution in [3.05, 3.63) is 59.8 Å². The second-order valence-electron chi connectivity index (χ2n) is 4.14. The first kappa shape index (κ1) is 12.0. The predicted octanol–water partition coefficient (Wildman–Crippen LogP) is 1.66. The van der Waals surface area contributed by atoms with Gasteiger partial charge in [-0.05, 0) is 34.2 Å². The molecule has 2 heterocycles. The minimum Gasteiger partial charge on any atom is -0.253 e. The molecular formula is C14H10N6. The van der Waals surface area contributed by atoms with E-state index in [-0.39, 0.29) is 0 Å². The number of benzene rings is 1. The Morgan fingerprint density at radius 1 is 1.10 bits per heavy atom. The summed E-state index contributed by atoms with van der Waals surface area (Å²) in [5, 5.41) is 20.8. The fraction of sp³-hybridized carbons (Fsp3) is 0.0714. The number of nitrogens with zero attached hydrogens (tertiary/aromatic N) is 6. The number of pyridine rings is 1. The number of rotatable bonds is 3. The minimum absolute atomic E-state index is 0.433. The highest BCUT2D eigenvalue weighted by molar-refractivity contribution is 5.48. The molecule has 0 radical (unpaired) electrons. The molecule has 0 aliphatic carbocycles. The lowest BCUT2D eigenvalue weighted by Crippen LogP contribution is -2.06. The molecule has 3 rings (SSSR count). The molecule has 0 saturated carbocycles. The highest BCUT2D eigenvalue weighted by Crippen LogP contribution is 2.15. The average Bonchev–Trinajstić information content (AvgIpc) is 2.97. The molecule has 0 bridgehead atoms. The van der Waals surface area contributed by atoms with E-state index in [9.17, 15) is 0 Å². The Labute approximate surface area is 115 Å². The smallest absolute Gasteiger partial charge is 0.200 e. The number of aromatic nitrogens is 5. The lowest BCUT2D eigenvalue weighted by atomic mass is 10.1. The van der Waals surface area contributed by atoms with Crippen molar-refractivity contribution in [2.45, 2.75) is 6.54 Å². The molecule has 3 aromatic rings. The first-order valence-corrected chi connectivity index (χ1v) is 6.04. The van der Waals surface area contributed by atoms with Crippen molar-refractivity contribution < 1.29 is 0 Å².